The van der Waals surface area contributed by atoms with E-state index in [0.29, 0.717) is 27.7 Å². The van der Waals surface area contributed by atoms with Crippen LogP contribution in [0, 0.1) is 0 Å². The molecule has 0 unspecified atom stereocenters. The van der Waals surface area contributed by atoms with Gasteiger partial charge in [-0.3, -0.25) is 9.38 Å². The molecule has 0 saturated heterocycles. The first kappa shape index (κ1) is 17.1. The zero-order valence-electron chi connectivity index (χ0n) is 14.4. The zero-order chi connectivity index (χ0) is 18.8. The van der Waals surface area contributed by atoms with Crippen molar-refractivity contribution in [2.24, 2.45) is 0 Å². The molecule has 0 aliphatic rings. The number of methoxy groups -OCH3 is 1. The molecule has 4 rings (SSSR count). The Balaban J connectivity index is 1.88. The van der Waals surface area contributed by atoms with Crippen LogP contribution in [0.1, 0.15) is 10.4 Å². The average molecular weight is 379 g/mol. The third kappa shape index (κ3) is 3.22. The SMILES string of the molecule is COC(=O)c1ccccc1Nc1c(-c2ccc(Cl)cc2)nc2cnccn12. The zero-order valence-corrected chi connectivity index (χ0v) is 15.1. The Morgan fingerprint density at radius 2 is 1.93 bits per heavy atom. The van der Waals surface area contributed by atoms with Gasteiger partial charge in [0.15, 0.2) is 5.65 Å². The summed E-state index contributed by atoms with van der Waals surface area (Å²) in [5.41, 5.74) is 3.35. The van der Waals surface area contributed by atoms with Gasteiger partial charge < -0.3 is 10.1 Å². The minimum Gasteiger partial charge on any atom is -0.465 e. The fourth-order valence-electron chi connectivity index (χ4n) is 2.84. The maximum atomic E-state index is 12.1. The number of nitrogens with one attached hydrogen (secondary N) is 1. The van der Waals surface area contributed by atoms with E-state index in [1.165, 1.54) is 7.11 Å². The molecule has 0 bridgehead atoms. The number of hydrogen-bond donors (Lipinski definition) is 1. The second-order valence-corrected chi connectivity index (χ2v) is 6.22. The van der Waals surface area contributed by atoms with E-state index in [0.717, 1.165) is 11.3 Å². The van der Waals surface area contributed by atoms with Gasteiger partial charge in [-0.1, -0.05) is 35.9 Å². The summed E-state index contributed by atoms with van der Waals surface area (Å²) in [6.07, 6.45) is 5.17. The molecule has 4 aromatic rings. The minimum absolute atomic E-state index is 0.415. The third-order valence-corrected chi connectivity index (χ3v) is 4.39. The second kappa shape index (κ2) is 7.09. The fourth-order valence-corrected chi connectivity index (χ4v) is 2.97. The topological polar surface area (TPSA) is 68.5 Å². The number of imidazole rings is 1. The van der Waals surface area contributed by atoms with Crippen molar-refractivity contribution in [3.05, 3.63) is 77.7 Å². The van der Waals surface area contributed by atoms with Crippen LogP contribution in [0.25, 0.3) is 16.9 Å². The molecular formula is C20H15ClN4O2. The number of aromatic nitrogens is 3. The number of nitrogens with zero attached hydrogens (tertiary/aromatic N) is 3. The van der Waals surface area contributed by atoms with E-state index in [4.69, 9.17) is 16.3 Å². The van der Waals surface area contributed by atoms with Crippen molar-refractivity contribution in [3.8, 4) is 11.3 Å². The number of carbonyl (C=O) groups excluding carboxylic acids is 1. The molecule has 2 heterocycles. The van der Waals surface area contributed by atoms with E-state index in [1.54, 1.807) is 24.5 Å². The Bertz CT molecular complexity index is 1120. The summed E-state index contributed by atoms with van der Waals surface area (Å²) < 4.78 is 6.77. The molecule has 0 aliphatic heterocycles. The van der Waals surface area contributed by atoms with Crippen LogP contribution in [0.3, 0.4) is 0 Å². The standard InChI is InChI=1S/C20H15ClN4O2/c1-27-20(26)15-4-2-3-5-16(15)23-19-18(13-6-8-14(21)9-7-13)24-17-12-22-10-11-25(17)19/h2-12,23H,1H3. The van der Waals surface area contributed by atoms with Crippen LogP contribution in [0.2, 0.25) is 5.02 Å². The van der Waals surface area contributed by atoms with Gasteiger partial charge in [0, 0.05) is 23.0 Å². The molecule has 0 saturated carbocycles. The lowest BCUT2D eigenvalue weighted by Crippen LogP contribution is -2.06. The molecule has 7 heteroatoms. The highest BCUT2D eigenvalue weighted by Gasteiger charge is 2.17. The number of anilines is 2. The van der Waals surface area contributed by atoms with Crippen LogP contribution in [-0.4, -0.2) is 27.4 Å². The molecule has 0 aliphatic carbocycles. The molecule has 2 aromatic carbocycles. The number of carbonyl (C=O) groups is 1. The van der Waals surface area contributed by atoms with Crippen molar-refractivity contribution < 1.29 is 9.53 Å². The van der Waals surface area contributed by atoms with Crippen molar-refractivity contribution >= 4 is 34.7 Å². The van der Waals surface area contributed by atoms with Gasteiger partial charge >= 0.3 is 5.97 Å². The van der Waals surface area contributed by atoms with E-state index in [2.05, 4.69) is 15.3 Å². The van der Waals surface area contributed by atoms with Gasteiger partial charge in [-0.15, -0.1) is 0 Å². The summed E-state index contributed by atoms with van der Waals surface area (Å²) in [5.74, 6) is 0.299. The lowest BCUT2D eigenvalue weighted by Gasteiger charge is -2.12. The van der Waals surface area contributed by atoms with E-state index in [1.807, 2.05) is 47.0 Å². The van der Waals surface area contributed by atoms with Crippen molar-refractivity contribution in [3.63, 3.8) is 0 Å². The number of rotatable bonds is 4. The Labute approximate surface area is 160 Å². The van der Waals surface area contributed by atoms with Gasteiger partial charge in [0.25, 0.3) is 0 Å². The van der Waals surface area contributed by atoms with Crippen LogP contribution in [0.5, 0.6) is 0 Å². The lowest BCUT2D eigenvalue weighted by atomic mass is 10.1. The Hall–Kier alpha value is -3.38. The van der Waals surface area contributed by atoms with Gasteiger partial charge in [-0.05, 0) is 24.3 Å². The van der Waals surface area contributed by atoms with E-state index in [9.17, 15) is 4.79 Å². The van der Waals surface area contributed by atoms with Gasteiger partial charge in [0.2, 0.25) is 0 Å². The van der Waals surface area contributed by atoms with Gasteiger partial charge in [-0.25, -0.2) is 9.78 Å². The molecular weight excluding hydrogens is 364 g/mol. The average Bonchev–Trinajstić information content (AvgIpc) is 3.07. The van der Waals surface area contributed by atoms with Gasteiger partial charge in [0.1, 0.15) is 11.5 Å². The molecule has 27 heavy (non-hydrogen) atoms. The quantitative estimate of drug-likeness (QED) is 0.526. The number of para-hydroxylation sites is 1. The molecule has 1 N–H and O–H groups in total. The largest absolute Gasteiger partial charge is 0.465 e. The van der Waals surface area contributed by atoms with E-state index in [-0.39, 0.29) is 0 Å². The first-order valence-electron chi connectivity index (χ1n) is 8.20. The van der Waals surface area contributed by atoms with Crippen LogP contribution < -0.4 is 5.32 Å². The van der Waals surface area contributed by atoms with Crippen molar-refractivity contribution in [1.29, 1.82) is 0 Å². The predicted molar refractivity (Wildman–Crippen MR) is 104 cm³/mol. The Kier molecular flexibility index (Phi) is 4.48. The molecule has 0 atom stereocenters. The van der Waals surface area contributed by atoms with Crippen molar-refractivity contribution in [2.75, 3.05) is 12.4 Å². The number of ether oxygens (including phenoxy) is 1. The predicted octanol–water partition coefficient (Wildman–Crippen LogP) is 4.58. The van der Waals surface area contributed by atoms with Crippen LogP contribution in [0.4, 0.5) is 11.5 Å². The summed E-state index contributed by atoms with van der Waals surface area (Å²) in [7, 11) is 1.36. The third-order valence-electron chi connectivity index (χ3n) is 4.13. The monoisotopic (exact) mass is 378 g/mol. The molecule has 6 nitrogen and oxygen atoms in total. The van der Waals surface area contributed by atoms with Crippen molar-refractivity contribution in [1.82, 2.24) is 14.4 Å². The molecule has 134 valence electrons. The number of halogens is 1. The number of benzene rings is 2. The van der Waals surface area contributed by atoms with Crippen LogP contribution in [0.15, 0.2) is 67.1 Å². The summed E-state index contributed by atoms with van der Waals surface area (Å²) in [4.78, 5) is 20.9. The highest BCUT2D eigenvalue weighted by molar-refractivity contribution is 6.30. The molecule has 0 radical (unpaired) electrons. The van der Waals surface area contributed by atoms with Crippen LogP contribution >= 0.6 is 11.6 Å². The minimum atomic E-state index is -0.415. The Morgan fingerprint density at radius 3 is 2.70 bits per heavy atom. The summed E-state index contributed by atoms with van der Waals surface area (Å²) in [6.45, 7) is 0. The van der Waals surface area contributed by atoms with Crippen molar-refractivity contribution in [2.45, 2.75) is 0 Å². The smallest absolute Gasteiger partial charge is 0.339 e. The lowest BCUT2D eigenvalue weighted by molar-refractivity contribution is 0.0602. The molecule has 2 aromatic heterocycles. The maximum absolute atomic E-state index is 12.1. The first-order valence-corrected chi connectivity index (χ1v) is 8.57. The number of fused-ring (bicyclic) bond motifs is 1. The normalized spacial score (nSPS) is 10.7. The maximum Gasteiger partial charge on any atom is 0.339 e. The molecule has 0 spiro atoms. The van der Waals surface area contributed by atoms with Gasteiger partial charge in [-0.2, -0.15) is 0 Å². The molecule has 0 fully saturated rings. The fraction of sp³-hybridized carbons (Fsp3) is 0.0500. The number of esters is 1. The number of hydrogen-bond acceptors (Lipinski definition) is 5. The van der Waals surface area contributed by atoms with Gasteiger partial charge in [0.05, 0.1) is 24.6 Å². The summed E-state index contributed by atoms with van der Waals surface area (Å²) in [5, 5.41) is 3.98. The highest BCUT2D eigenvalue weighted by Crippen LogP contribution is 2.32. The highest BCUT2D eigenvalue weighted by atomic mass is 35.5. The van der Waals surface area contributed by atoms with E-state index < -0.39 is 5.97 Å². The summed E-state index contributed by atoms with van der Waals surface area (Å²) in [6, 6.07) is 14.6. The summed E-state index contributed by atoms with van der Waals surface area (Å²) >= 11 is 6.02. The molecule has 0 amide bonds. The van der Waals surface area contributed by atoms with E-state index >= 15 is 0 Å². The second-order valence-electron chi connectivity index (χ2n) is 5.78. The first-order chi connectivity index (χ1) is 13.2. The Morgan fingerprint density at radius 1 is 1.15 bits per heavy atom. The van der Waals surface area contributed by atoms with Crippen LogP contribution in [-0.2, 0) is 4.74 Å².